The van der Waals surface area contributed by atoms with Crippen LogP contribution in [0.4, 0.5) is 0 Å². The molecule has 1 aliphatic rings. The van der Waals surface area contributed by atoms with Crippen molar-refractivity contribution in [3.8, 4) is 0 Å². The van der Waals surface area contributed by atoms with Crippen LogP contribution in [0.3, 0.4) is 0 Å². The number of hydrogen-bond acceptors (Lipinski definition) is 4. The van der Waals surface area contributed by atoms with Gasteiger partial charge in [0.15, 0.2) is 0 Å². The summed E-state index contributed by atoms with van der Waals surface area (Å²) < 4.78 is 0. The number of nitrogens with one attached hydrogen (secondary N) is 1. The van der Waals surface area contributed by atoms with Crippen molar-refractivity contribution in [3.63, 3.8) is 0 Å². The lowest BCUT2D eigenvalue weighted by Gasteiger charge is -2.21. The van der Waals surface area contributed by atoms with Gasteiger partial charge in [-0.25, -0.2) is 4.98 Å². The number of pyridine rings is 1. The molecule has 1 fully saturated rings. The number of nitrogens with zero attached hydrogens (tertiary/aromatic N) is 1. The number of aromatic nitrogens is 1. The van der Waals surface area contributed by atoms with E-state index in [1.165, 1.54) is 11.5 Å². The average Bonchev–Trinajstić information content (AvgIpc) is 2.44. The molecule has 116 valence electrons. The summed E-state index contributed by atoms with van der Waals surface area (Å²) in [6, 6.07) is 3.47. The fraction of sp³-hybridized carbons (Fsp3) is 0.600. The zero-order valence-corrected chi connectivity index (χ0v) is 15.0. The third-order valence-electron chi connectivity index (χ3n) is 3.20. The van der Waals surface area contributed by atoms with Gasteiger partial charge in [-0.15, -0.1) is 0 Å². The predicted octanol–water partition coefficient (Wildman–Crippen LogP) is 3.61. The second-order valence-electron chi connectivity index (χ2n) is 6.09. The molecule has 0 aromatic carbocycles. The first kappa shape index (κ1) is 17.0. The van der Waals surface area contributed by atoms with Crippen molar-refractivity contribution in [2.24, 2.45) is 0 Å². The fourth-order valence-corrected chi connectivity index (χ4v) is 4.80. The highest BCUT2D eigenvalue weighted by Gasteiger charge is 2.20. The van der Waals surface area contributed by atoms with Crippen LogP contribution in [-0.4, -0.2) is 39.9 Å². The molecule has 1 aliphatic heterocycles. The molecule has 1 N–H and O–H groups in total. The minimum Gasteiger partial charge on any atom is -0.351 e. The van der Waals surface area contributed by atoms with Gasteiger partial charge in [0.1, 0.15) is 5.15 Å². The maximum atomic E-state index is 12.3. The van der Waals surface area contributed by atoms with Crippen LogP contribution in [0.1, 0.15) is 36.8 Å². The Bertz CT molecular complexity index is 511. The molecule has 0 radical (unpaired) electrons. The molecular formula is C15H21ClN2OS2. The third-order valence-corrected chi connectivity index (χ3v) is 6.24. The SMILES string of the molecule is CC(C)(C)c1cc(C(=O)NCC2CSCCS2)cc(Cl)n1. The summed E-state index contributed by atoms with van der Waals surface area (Å²) in [7, 11) is 0. The third kappa shape index (κ3) is 5.08. The zero-order valence-electron chi connectivity index (χ0n) is 12.6. The molecule has 0 bridgehead atoms. The smallest absolute Gasteiger partial charge is 0.251 e. The molecule has 1 aromatic rings. The molecule has 1 amide bonds. The molecule has 0 saturated carbocycles. The summed E-state index contributed by atoms with van der Waals surface area (Å²) in [6.45, 7) is 6.89. The van der Waals surface area contributed by atoms with E-state index in [-0.39, 0.29) is 11.3 Å². The van der Waals surface area contributed by atoms with Crippen molar-refractivity contribution < 1.29 is 4.79 Å². The van der Waals surface area contributed by atoms with Crippen LogP contribution in [0.2, 0.25) is 5.15 Å². The van der Waals surface area contributed by atoms with Crippen molar-refractivity contribution in [1.29, 1.82) is 0 Å². The van der Waals surface area contributed by atoms with E-state index in [0.717, 1.165) is 11.4 Å². The Morgan fingerprint density at radius 1 is 1.43 bits per heavy atom. The number of halogens is 1. The van der Waals surface area contributed by atoms with Crippen LogP contribution in [-0.2, 0) is 5.41 Å². The standard InChI is InChI=1S/C15H21ClN2OS2/c1-15(2,3)12-6-10(7-13(16)18-12)14(19)17-8-11-9-20-4-5-21-11/h6-7,11H,4-5,8-9H2,1-3H3,(H,17,19). The summed E-state index contributed by atoms with van der Waals surface area (Å²) in [4.78, 5) is 16.6. The topological polar surface area (TPSA) is 42.0 Å². The highest BCUT2D eigenvalue weighted by molar-refractivity contribution is 8.06. The molecule has 1 saturated heterocycles. The summed E-state index contributed by atoms with van der Waals surface area (Å²) in [5.41, 5.74) is 1.30. The minimum atomic E-state index is -0.129. The first-order valence-corrected chi connectivity index (χ1v) is 9.60. The summed E-state index contributed by atoms with van der Waals surface area (Å²) >= 11 is 9.94. The van der Waals surface area contributed by atoms with E-state index < -0.39 is 0 Å². The van der Waals surface area contributed by atoms with E-state index in [0.29, 0.717) is 22.5 Å². The number of amides is 1. The van der Waals surface area contributed by atoms with Crippen molar-refractivity contribution in [1.82, 2.24) is 10.3 Å². The number of hydrogen-bond donors (Lipinski definition) is 1. The average molecular weight is 345 g/mol. The Morgan fingerprint density at radius 3 is 2.81 bits per heavy atom. The van der Waals surface area contributed by atoms with E-state index in [2.05, 4.69) is 31.1 Å². The molecule has 2 heterocycles. The number of carbonyl (C=O) groups excluding carboxylic acids is 1. The molecular weight excluding hydrogens is 324 g/mol. The predicted molar refractivity (Wildman–Crippen MR) is 93.9 cm³/mol. The molecule has 0 spiro atoms. The van der Waals surface area contributed by atoms with Crippen LogP contribution in [0.25, 0.3) is 0 Å². The van der Waals surface area contributed by atoms with E-state index in [1.807, 2.05) is 29.6 Å². The molecule has 21 heavy (non-hydrogen) atoms. The zero-order chi connectivity index (χ0) is 15.5. The van der Waals surface area contributed by atoms with Crippen molar-refractivity contribution >= 4 is 41.0 Å². The number of rotatable bonds is 3. The fourth-order valence-electron chi connectivity index (χ4n) is 1.98. The summed E-state index contributed by atoms with van der Waals surface area (Å²) in [5, 5.41) is 3.89. The van der Waals surface area contributed by atoms with Crippen LogP contribution in [0.15, 0.2) is 12.1 Å². The number of thioether (sulfide) groups is 2. The Labute approximate surface area is 140 Å². The second kappa shape index (κ2) is 7.25. The van der Waals surface area contributed by atoms with Crippen LogP contribution >= 0.6 is 35.1 Å². The van der Waals surface area contributed by atoms with Crippen LogP contribution < -0.4 is 5.32 Å². The van der Waals surface area contributed by atoms with E-state index >= 15 is 0 Å². The van der Waals surface area contributed by atoms with Crippen LogP contribution in [0.5, 0.6) is 0 Å². The van der Waals surface area contributed by atoms with Gasteiger partial charge >= 0.3 is 0 Å². The van der Waals surface area contributed by atoms with Crippen molar-refractivity contribution in [3.05, 3.63) is 28.5 Å². The highest BCUT2D eigenvalue weighted by atomic mass is 35.5. The molecule has 2 rings (SSSR count). The molecule has 1 atom stereocenters. The Morgan fingerprint density at radius 2 is 2.19 bits per heavy atom. The van der Waals surface area contributed by atoms with Crippen molar-refractivity contribution in [2.75, 3.05) is 23.8 Å². The van der Waals surface area contributed by atoms with Gasteiger partial charge in [0.25, 0.3) is 5.91 Å². The van der Waals surface area contributed by atoms with Gasteiger partial charge in [0, 0.05) is 45.7 Å². The first-order valence-electron chi connectivity index (χ1n) is 7.02. The van der Waals surface area contributed by atoms with Gasteiger partial charge in [0.2, 0.25) is 0 Å². The second-order valence-corrected chi connectivity index (χ2v) is 9.04. The number of carbonyl (C=O) groups is 1. The molecule has 3 nitrogen and oxygen atoms in total. The Balaban J connectivity index is 2.03. The lowest BCUT2D eigenvalue weighted by Crippen LogP contribution is -2.33. The van der Waals surface area contributed by atoms with Gasteiger partial charge in [-0.05, 0) is 12.1 Å². The van der Waals surface area contributed by atoms with E-state index in [9.17, 15) is 4.79 Å². The molecule has 1 unspecified atom stereocenters. The molecule has 1 aromatic heterocycles. The Hall–Kier alpha value is -0.390. The maximum absolute atomic E-state index is 12.3. The summed E-state index contributed by atoms with van der Waals surface area (Å²) in [6.07, 6.45) is 0. The highest BCUT2D eigenvalue weighted by Crippen LogP contribution is 2.25. The lowest BCUT2D eigenvalue weighted by atomic mass is 9.91. The van der Waals surface area contributed by atoms with Gasteiger partial charge in [-0.2, -0.15) is 23.5 Å². The first-order chi connectivity index (χ1) is 9.86. The van der Waals surface area contributed by atoms with Gasteiger partial charge in [-0.1, -0.05) is 32.4 Å². The van der Waals surface area contributed by atoms with Gasteiger partial charge in [-0.3, -0.25) is 4.79 Å². The summed E-state index contributed by atoms with van der Waals surface area (Å²) in [5.74, 6) is 3.42. The molecule has 0 aliphatic carbocycles. The quantitative estimate of drug-likeness (QED) is 0.850. The van der Waals surface area contributed by atoms with Crippen molar-refractivity contribution in [2.45, 2.75) is 31.4 Å². The van der Waals surface area contributed by atoms with E-state index in [1.54, 1.807) is 6.07 Å². The van der Waals surface area contributed by atoms with E-state index in [4.69, 9.17) is 11.6 Å². The minimum absolute atomic E-state index is 0.0685. The monoisotopic (exact) mass is 344 g/mol. The molecule has 6 heteroatoms. The van der Waals surface area contributed by atoms with Crippen LogP contribution in [0, 0.1) is 0 Å². The Kier molecular flexibility index (Phi) is 5.86. The maximum Gasteiger partial charge on any atom is 0.251 e. The largest absolute Gasteiger partial charge is 0.351 e. The van der Waals surface area contributed by atoms with Gasteiger partial charge in [0.05, 0.1) is 0 Å². The van der Waals surface area contributed by atoms with Gasteiger partial charge < -0.3 is 5.32 Å². The normalized spacial score (nSPS) is 19.3. The lowest BCUT2D eigenvalue weighted by molar-refractivity contribution is 0.0954.